The maximum Gasteiger partial charge on any atom is 0.129 e. The molecule has 0 unspecified atom stereocenters. The molecule has 9 aromatic carbocycles. The molecule has 2 radical (unpaired) electrons. The van der Waals surface area contributed by atoms with Crippen LogP contribution in [0.25, 0.3) is 44.5 Å². The molecular weight excluding hydrogens is 1400 g/mol. The van der Waals surface area contributed by atoms with Crippen LogP contribution in [-0.4, -0.2) is 58.9 Å². The number of carbonyl (C=O) groups excluding carboxylic acids is 1. The van der Waals surface area contributed by atoms with Gasteiger partial charge in [-0.2, -0.15) is 0 Å². The van der Waals surface area contributed by atoms with E-state index in [4.69, 9.17) is 51.2 Å². The molecule has 0 aromatic heterocycles. The number of benzene rings is 9. The van der Waals surface area contributed by atoms with Crippen LogP contribution in [0.2, 0.25) is 0 Å². The molecule has 1 saturated heterocycles. The molecule has 6 nitrogen and oxygen atoms in total. The molecule has 1 heterocycles. The quantitative estimate of drug-likeness (QED) is 0.0486. The van der Waals surface area contributed by atoms with Crippen molar-refractivity contribution in [3.05, 3.63) is 259 Å². The van der Waals surface area contributed by atoms with Crippen LogP contribution in [0.1, 0.15) is 49.9 Å². The fourth-order valence-corrected chi connectivity index (χ4v) is 10.8. The second-order valence-electron chi connectivity index (χ2n) is 19.1. The summed E-state index contributed by atoms with van der Waals surface area (Å²) in [6, 6.07) is 77.2. The minimum absolute atomic E-state index is 0. The zero-order valence-corrected chi connectivity index (χ0v) is 58.0. The second kappa shape index (κ2) is 45.5. The normalized spacial score (nSPS) is 12.4. The molecule has 0 bridgehead atoms. The van der Waals surface area contributed by atoms with Crippen molar-refractivity contribution in [3.63, 3.8) is 0 Å². The first-order valence-corrected chi connectivity index (χ1v) is 34.4. The summed E-state index contributed by atoms with van der Waals surface area (Å²) < 4.78 is 41.5. The van der Waals surface area contributed by atoms with Gasteiger partial charge < -0.3 is 5.11 Å². The van der Waals surface area contributed by atoms with Gasteiger partial charge in [0.2, 0.25) is 0 Å². The SMILES string of the molecule is CC(=Nc1c(C)cccc1C)C(C)=Nc1c(C)cccc1C.CC(=O)C=C(C)O.CF.FF.FF.[B]c1ccccc1.[Br][Ni][Br].[Ni].c1ccc(-c2cccc(-c3ccccc3)c2N=C2SCCSC2=Nc2c(-c3ccccc3)cccc2-c2ccccc2)cc1. The molecule has 0 amide bonds. The summed E-state index contributed by atoms with van der Waals surface area (Å²) in [5, 5.41) is 10.3. The van der Waals surface area contributed by atoms with Crippen molar-refractivity contribution in [2.75, 3.05) is 18.7 Å². The van der Waals surface area contributed by atoms with Gasteiger partial charge in [0.1, 0.15) is 17.9 Å². The summed E-state index contributed by atoms with van der Waals surface area (Å²) in [4.78, 5) is 30.6. The Bertz CT molecular complexity index is 3360. The standard InChI is InChI=1S/C40H30N2S2.C20H24N2.C6H5B.C5H8O2.CH3F.2BrH.2F2.2Ni/c1-5-15-29(16-6-1)33-23-13-24-34(30-17-7-2-8-18-30)37(33)41-39-40(44-28-27-43-39)42-38-35(31-19-9-3-10-20-31)25-14-26-36(38)32-21-11-4-12-22-32;1-13-9-7-10-14(2)19(13)21-17(5)18(6)22-20-15(3)11-8-12-16(20)4;7-6-4-2-1-3-5-6;1-4(6)3-5(2)7;1-2;;;2*1-2;;/h1-26H,27-28H2;7-12H,1-6H3;1-5H;3,6H,1-2H3;1H3;2*1H;;;;/q;;;;;;;;;;+2/p-2. The van der Waals surface area contributed by atoms with E-state index in [0.717, 1.165) is 106 Å². The van der Waals surface area contributed by atoms with E-state index < -0.39 is 0 Å². The number of aliphatic hydroxyl groups is 1. The van der Waals surface area contributed by atoms with Crippen molar-refractivity contribution in [2.45, 2.75) is 55.4 Å². The monoisotopic (exact) mass is 1470 g/mol. The number of alkyl halides is 1. The van der Waals surface area contributed by atoms with Crippen LogP contribution in [0.4, 0.5) is 45.4 Å². The number of hydrogen-bond donors (Lipinski definition) is 1. The predicted octanol–water partition coefficient (Wildman–Crippen LogP) is 22.9. The van der Waals surface area contributed by atoms with Crippen LogP contribution in [0.15, 0.2) is 256 Å². The van der Waals surface area contributed by atoms with E-state index >= 15 is 0 Å². The van der Waals surface area contributed by atoms with Crippen LogP contribution in [-0.2, 0) is 32.2 Å². The molecule has 0 aliphatic carbocycles. The number of allylic oxidation sites excluding steroid dienone is 2. The van der Waals surface area contributed by atoms with E-state index in [1.165, 1.54) is 53.1 Å². The van der Waals surface area contributed by atoms with Gasteiger partial charge >= 0.3 is 39.3 Å². The predicted molar refractivity (Wildman–Crippen MR) is 379 cm³/mol. The number of ketones is 1. The molecular formula is C72H70BBr2F5N4Ni2O2S2. The van der Waals surface area contributed by atoms with Crippen LogP contribution >= 0.6 is 52.0 Å². The third-order valence-electron chi connectivity index (χ3n) is 12.8. The molecule has 474 valence electrons. The van der Waals surface area contributed by atoms with E-state index in [0.29, 0.717) is 7.18 Å². The third kappa shape index (κ3) is 26.6. The third-order valence-corrected chi connectivity index (χ3v) is 15.1. The Morgan fingerprint density at radius 2 is 0.689 bits per heavy atom. The molecule has 0 spiro atoms. The van der Waals surface area contributed by atoms with Gasteiger partial charge in [-0.1, -0.05) is 230 Å². The van der Waals surface area contributed by atoms with Gasteiger partial charge in [0, 0.05) is 74.6 Å². The Morgan fingerprint density at radius 1 is 0.444 bits per heavy atom. The maximum atomic E-state index is 10.0. The number of para-hydroxylation sites is 4. The van der Waals surface area contributed by atoms with Crippen molar-refractivity contribution in [1.82, 2.24) is 0 Å². The van der Waals surface area contributed by atoms with Crippen molar-refractivity contribution in [2.24, 2.45) is 20.0 Å². The molecule has 9 aromatic rings. The first kappa shape index (κ1) is 79.3. The number of aryl methyl sites for hydroxylation is 4. The Hall–Kier alpha value is -6.77. The molecule has 1 fully saturated rings. The van der Waals surface area contributed by atoms with Crippen molar-refractivity contribution < 1.29 is 60.0 Å². The smallest absolute Gasteiger partial charge is 0.129 e. The van der Waals surface area contributed by atoms with Crippen molar-refractivity contribution in [1.29, 1.82) is 0 Å². The molecule has 90 heavy (non-hydrogen) atoms. The van der Waals surface area contributed by atoms with Crippen LogP contribution in [0, 0.1) is 27.7 Å². The average molecular weight is 1470 g/mol. The minimum atomic E-state index is -0.125. The van der Waals surface area contributed by atoms with E-state index in [1.807, 2.05) is 44.2 Å². The molecule has 0 atom stereocenters. The van der Waals surface area contributed by atoms with Crippen LogP contribution in [0.5, 0.6) is 0 Å². The van der Waals surface area contributed by atoms with Gasteiger partial charge in [-0.05, 0) is 99.9 Å². The second-order valence-corrected chi connectivity index (χ2v) is 26.3. The fraction of sp³-hybridized carbons (Fsp3) is 0.153. The molecule has 10 rings (SSSR count). The van der Waals surface area contributed by atoms with Crippen LogP contribution in [0.3, 0.4) is 0 Å². The first-order chi connectivity index (χ1) is 43.2. The van der Waals surface area contributed by atoms with E-state index in [9.17, 15) is 9.18 Å². The Kier molecular flexibility index (Phi) is 40.1. The summed E-state index contributed by atoms with van der Waals surface area (Å²) >= 11 is 9.59. The summed E-state index contributed by atoms with van der Waals surface area (Å²) in [5.74, 6) is 1.91. The zero-order chi connectivity index (χ0) is 65.5. The Balaban J connectivity index is 0.000000497. The van der Waals surface area contributed by atoms with Gasteiger partial charge in [-0.3, -0.25) is 19.2 Å². The zero-order valence-electron chi connectivity index (χ0n) is 51.2. The van der Waals surface area contributed by atoms with Gasteiger partial charge in [0.05, 0.1) is 47.1 Å². The summed E-state index contributed by atoms with van der Waals surface area (Å²) in [5.41, 5.74) is 20.6. The molecule has 1 aliphatic heterocycles. The summed E-state index contributed by atoms with van der Waals surface area (Å²) in [6.45, 7) is 15.3. The van der Waals surface area contributed by atoms with Gasteiger partial charge in [-0.25, -0.2) is 9.98 Å². The van der Waals surface area contributed by atoms with E-state index in [2.05, 4.69) is 250 Å². The number of nitrogens with zero attached hydrogens (tertiary/aromatic N) is 4. The molecule has 0 saturated carbocycles. The number of rotatable bonds is 10. The average Bonchev–Trinajstić information content (AvgIpc) is 0.918. The maximum absolute atomic E-state index is 10.0. The van der Waals surface area contributed by atoms with E-state index in [-0.39, 0.29) is 28.0 Å². The molecule has 1 aliphatic rings. The number of hydrogen-bond acceptors (Lipinski definition) is 8. The fourth-order valence-electron chi connectivity index (χ4n) is 8.70. The van der Waals surface area contributed by atoms with Crippen molar-refractivity contribution >= 4 is 115 Å². The van der Waals surface area contributed by atoms with Crippen molar-refractivity contribution in [3.8, 4) is 44.5 Å². The molecule has 18 heteroatoms. The summed E-state index contributed by atoms with van der Waals surface area (Å²) in [7, 11) is 7.11. The Morgan fingerprint density at radius 3 is 0.900 bits per heavy atom. The number of thioether (sulfide) groups is 2. The largest absolute Gasteiger partial charge is 0.238 e. The number of aliphatic imine (C=N–C) groups is 4. The Labute approximate surface area is 567 Å². The number of halogens is 7. The number of aliphatic hydroxyl groups excluding tert-OH is 1. The van der Waals surface area contributed by atoms with Crippen LogP contribution < -0.4 is 5.46 Å². The minimum Gasteiger partial charge on any atom is -0.238 e. The van der Waals surface area contributed by atoms with Gasteiger partial charge in [-0.15, -0.1) is 23.5 Å². The van der Waals surface area contributed by atoms with Gasteiger partial charge in [0.25, 0.3) is 0 Å². The summed E-state index contributed by atoms with van der Waals surface area (Å²) in [6.07, 6.45) is 1.17. The topological polar surface area (TPSA) is 86.7 Å². The molecule has 1 N–H and O–H groups in total. The van der Waals surface area contributed by atoms with Gasteiger partial charge in [0.15, 0.2) is 5.78 Å². The first-order valence-electron chi connectivity index (χ1n) is 27.5. The van der Waals surface area contributed by atoms with E-state index in [1.54, 1.807) is 23.5 Å². The number of carbonyl (C=O) groups is 1.